The third kappa shape index (κ3) is 4.36. The fourth-order valence-corrected chi connectivity index (χ4v) is 1.32. The van der Waals surface area contributed by atoms with Crippen LogP contribution in [0.4, 0.5) is 0 Å². The maximum absolute atomic E-state index is 5.94. The van der Waals surface area contributed by atoms with Crippen LogP contribution in [0.5, 0.6) is 5.75 Å². The van der Waals surface area contributed by atoms with Gasteiger partial charge in [0.1, 0.15) is 5.75 Å². The van der Waals surface area contributed by atoms with Gasteiger partial charge in [-0.25, -0.2) is 0 Å². The van der Waals surface area contributed by atoms with Gasteiger partial charge in [-0.2, -0.15) is 0 Å². The molecule has 0 aromatic heterocycles. The molecule has 0 spiro atoms. The van der Waals surface area contributed by atoms with E-state index in [1.807, 2.05) is 37.3 Å². The predicted octanol–water partition coefficient (Wildman–Crippen LogP) is 3.08. The third-order valence-electron chi connectivity index (χ3n) is 2.02. The minimum Gasteiger partial charge on any atom is -0.494 e. The molecule has 0 unspecified atom stereocenters. The Balaban J connectivity index is 0.00000196. The lowest BCUT2D eigenvalue weighted by atomic mass is 10.0. The first-order chi connectivity index (χ1) is 6.77. The molecule has 0 radical (unpaired) electrons. The highest BCUT2D eigenvalue weighted by atomic mass is 35.5. The smallest absolute Gasteiger partial charge is 0.119 e. The average Bonchev–Trinajstić information content (AvgIpc) is 2.19. The Morgan fingerprint density at radius 2 is 2.27 bits per heavy atom. The summed E-state index contributed by atoms with van der Waals surface area (Å²) in [5.41, 5.74) is 7.04. The van der Waals surface area contributed by atoms with E-state index in [9.17, 15) is 0 Å². The highest BCUT2D eigenvalue weighted by Crippen LogP contribution is 2.19. The Morgan fingerprint density at radius 1 is 1.53 bits per heavy atom. The first-order valence-corrected chi connectivity index (χ1v) is 4.87. The number of nitrogens with two attached hydrogens (primary N) is 1. The van der Waals surface area contributed by atoms with Crippen LogP contribution in [0.15, 0.2) is 36.9 Å². The van der Waals surface area contributed by atoms with E-state index in [4.69, 9.17) is 10.5 Å². The van der Waals surface area contributed by atoms with Gasteiger partial charge in [0.25, 0.3) is 0 Å². The average molecular weight is 228 g/mol. The molecule has 0 aliphatic heterocycles. The molecule has 0 saturated carbocycles. The Labute approximate surface area is 97.5 Å². The fourth-order valence-electron chi connectivity index (χ4n) is 1.32. The molecule has 84 valence electrons. The lowest BCUT2D eigenvalue weighted by molar-refractivity contribution is 0.339. The summed E-state index contributed by atoms with van der Waals surface area (Å²) in [5.74, 6) is 0.879. The normalized spacial score (nSPS) is 11.3. The van der Waals surface area contributed by atoms with E-state index in [0.717, 1.165) is 17.7 Å². The predicted molar refractivity (Wildman–Crippen MR) is 66.6 cm³/mol. The lowest BCUT2D eigenvalue weighted by Gasteiger charge is -2.11. The Kier molecular flexibility index (Phi) is 6.84. The molecule has 1 aromatic rings. The van der Waals surface area contributed by atoms with E-state index in [0.29, 0.717) is 6.61 Å². The number of benzene rings is 1. The molecule has 1 atom stereocenters. The van der Waals surface area contributed by atoms with Crippen LogP contribution in [-0.2, 0) is 0 Å². The van der Waals surface area contributed by atoms with Crippen molar-refractivity contribution in [1.82, 2.24) is 0 Å². The lowest BCUT2D eigenvalue weighted by Crippen LogP contribution is -2.09. The molecule has 1 aromatic carbocycles. The highest BCUT2D eigenvalue weighted by molar-refractivity contribution is 5.85. The van der Waals surface area contributed by atoms with E-state index >= 15 is 0 Å². The molecule has 2 N–H and O–H groups in total. The topological polar surface area (TPSA) is 35.2 Å². The van der Waals surface area contributed by atoms with Gasteiger partial charge < -0.3 is 10.5 Å². The number of rotatable bonds is 5. The molecule has 0 heterocycles. The molecule has 0 fully saturated rings. The van der Waals surface area contributed by atoms with Gasteiger partial charge in [-0.15, -0.1) is 19.0 Å². The van der Waals surface area contributed by atoms with Crippen molar-refractivity contribution in [2.75, 3.05) is 6.61 Å². The van der Waals surface area contributed by atoms with Crippen molar-refractivity contribution in [2.45, 2.75) is 19.4 Å². The largest absolute Gasteiger partial charge is 0.494 e. The molecular weight excluding hydrogens is 210 g/mol. The van der Waals surface area contributed by atoms with Gasteiger partial charge in [0, 0.05) is 6.04 Å². The summed E-state index contributed by atoms with van der Waals surface area (Å²) in [4.78, 5) is 0. The summed E-state index contributed by atoms with van der Waals surface area (Å²) in [7, 11) is 0. The Morgan fingerprint density at radius 3 is 2.87 bits per heavy atom. The van der Waals surface area contributed by atoms with Gasteiger partial charge in [0.2, 0.25) is 0 Å². The molecule has 1 rings (SSSR count). The number of halogens is 1. The second kappa shape index (κ2) is 7.32. The van der Waals surface area contributed by atoms with Crippen LogP contribution in [0.25, 0.3) is 0 Å². The minimum absolute atomic E-state index is 0. The second-order valence-corrected chi connectivity index (χ2v) is 3.14. The zero-order valence-corrected chi connectivity index (χ0v) is 9.80. The quantitative estimate of drug-likeness (QED) is 0.785. The monoisotopic (exact) mass is 227 g/mol. The van der Waals surface area contributed by atoms with Crippen molar-refractivity contribution < 1.29 is 4.74 Å². The van der Waals surface area contributed by atoms with Gasteiger partial charge in [-0.3, -0.25) is 0 Å². The molecule has 15 heavy (non-hydrogen) atoms. The van der Waals surface area contributed by atoms with E-state index in [-0.39, 0.29) is 18.4 Å². The van der Waals surface area contributed by atoms with Gasteiger partial charge in [-0.1, -0.05) is 18.2 Å². The van der Waals surface area contributed by atoms with E-state index in [1.165, 1.54) is 0 Å². The van der Waals surface area contributed by atoms with E-state index in [1.54, 1.807) is 0 Å². The van der Waals surface area contributed by atoms with Crippen molar-refractivity contribution in [3.8, 4) is 5.75 Å². The maximum atomic E-state index is 5.94. The van der Waals surface area contributed by atoms with Crippen LogP contribution in [0.3, 0.4) is 0 Å². The number of hydrogen-bond donors (Lipinski definition) is 1. The Hall–Kier alpha value is -0.990. The molecule has 0 amide bonds. The first kappa shape index (κ1) is 14.0. The summed E-state index contributed by atoms with van der Waals surface area (Å²) < 4.78 is 5.39. The van der Waals surface area contributed by atoms with Crippen LogP contribution >= 0.6 is 12.4 Å². The van der Waals surface area contributed by atoms with Crippen LogP contribution in [-0.4, -0.2) is 6.61 Å². The van der Waals surface area contributed by atoms with Crippen molar-refractivity contribution >= 4 is 12.4 Å². The van der Waals surface area contributed by atoms with Gasteiger partial charge >= 0.3 is 0 Å². The third-order valence-corrected chi connectivity index (χ3v) is 2.02. The molecule has 2 nitrogen and oxygen atoms in total. The van der Waals surface area contributed by atoms with Crippen LogP contribution in [0, 0.1) is 0 Å². The van der Waals surface area contributed by atoms with Crippen molar-refractivity contribution in [2.24, 2.45) is 5.73 Å². The second-order valence-electron chi connectivity index (χ2n) is 3.14. The summed E-state index contributed by atoms with van der Waals surface area (Å²) >= 11 is 0. The van der Waals surface area contributed by atoms with Gasteiger partial charge in [0.15, 0.2) is 0 Å². The van der Waals surface area contributed by atoms with Crippen LogP contribution in [0.2, 0.25) is 0 Å². The number of hydrogen-bond acceptors (Lipinski definition) is 2. The zero-order valence-electron chi connectivity index (χ0n) is 8.98. The van der Waals surface area contributed by atoms with Crippen LogP contribution < -0.4 is 10.5 Å². The van der Waals surface area contributed by atoms with E-state index in [2.05, 4.69) is 6.58 Å². The highest BCUT2D eigenvalue weighted by Gasteiger charge is 2.04. The SMILES string of the molecule is C=CC[C@H](N)c1cccc(OCC)c1.Cl. The molecule has 3 heteroatoms. The standard InChI is InChI=1S/C12H17NO.ClH/c1-3-6-12(13)10-7-5-8-11(9-10)14-4-2;/h3,5,7-9,12H,1,4,6,13H2,2H3;1H/t12-;/m0./s1. The Bertz CT molecular complexity index is 301. The van der Waals surface area contributed by atoms with Gasteiger partial charge in [0.05, 0.1) is 6.61 Å². The maximum Gasteiger partial charge on any atom is 0.119 e. The summed E-state index contributed by atoms with van der Waals surface area (Å²) in [6, 6.07) is 7.92. The van der Waals surface area contributed by atoms with Crippen LogP contribution in [0.1, 0.15) is 24.9 Å². The van der Waals surface area contributed by atoms with Crippen molar-refractivity contribution in [3.63, 3.8) is 0 Å². The number of ether oxygens (including phenoxy) is 1. The molecular formula is C12H18ClNO. The summed E-state index contributed by atoms with van der Waals surface area (Å²) in [6.45, 7) is 6.32. The molecule has 0 saturated heterocycles. The van der Waals surface area contributed by atoms with Crippen molar-refractivity contribution in [1.29, 1.82) is 0 Å². The summed E-state index contributed by atoms with van der Waals surface area (Å²) in [6.07, 6.45) is 2.62. The summed E-state index contributed by atoms with van der Waals surface area (Å²) in [5, 5.41) is 0. The molecule has 0 aliphatic carbocycles. The zero-order chi connectivity index (χ0) is 10.4. The van der Waals surface area contributed by atoms with Gasteiger partial charge in [-0.05, 0) is 31.0 Å². The molecule has 0 aliphatic rings. The van der Waals surface area contributed by atoms with E-state index < -0.39 is 0 Å². The van der Waals surface area contributed by atoms with Crippen molar-refractivity contribution in [3.05, 3.63) is 42.5 Å². The molecule has 0 bridgehead atoms. The first-order valence-electron chi connectivity index (χ1n) is 4.87. The fraction of sp³-hybridized carbons (Fsp3) is 0.333. The minimum atomic E-state index is 0.